The molecule has 0 aromatic carbocycles. The summed E-state index contributed by atoms with van der Waals surface area (Å²) in [5, 5.41) is 0.0201. The van der Waals surface area contributed by atoms with E-state index in [2.05, 4.69) is 36.6 Å². The molecule has 2 atom stereocenters. The monoisotopic (exact) mass is 314 g/mol. The van der Waals surface area contributed by atoms with Crippen LogP contribution in [0.5, 0.6) is 0 Å². The van der Waals surface area contributed by atoms with Gasteiger partial charge in [-0.2, -0.15) is 0 Å². The van der Waals surface area contributed by atoms with Gasteiger partial charge in [-0.3, -0.25) is 0 Å². The molecule has 0 aromatic rings. The third-order valence-corrected chi connectivity index (χ3v) is 5.00. The first-order chi connectivity index (χ1) is 9.91. The SMILES string of the molecule is C=C(C)C(=O)OC(CCCC)C(P)(CCCC)CCCC. The second kappa shape index (κ2) is 11.2. The Labute approximate surface area is 134 Å². The van der Waals surface area contributed by atoms with E-state index in [0.717, 1.165) is 32.1 Å². The van der Waals surface area contributed by atoms with Crippen LogP contribution in [0.25, 0.3) is 0 Å². The summed E-state index contributed by atoms with van der Waals surface area (Å²) in [7, 11) is 3.04. The lowest BCUT2D eigenvalue weighted by molar-refractivity contribution is -0.146. The molecule has 0 aliphatic rings. The molecule has 0 aliphatic carbocycles. The first-order valence-electron chi connectivity index (χ1n) is 8.56. The van der Waals surface area contributed by atoms with Crippen molar-refractivity contribution in [2.24, 2.45) is 0 Å². The highest BCUT2D eigenvalue weighted by atomic mass is 31.0. The van der Waals surface area contributed by atoms with Crippen LogP contribution in [-0.2, 0) is 9.53 Å². The number of esters is 1. The predicted octanol–water partition coefficient (Wildman–Crippen LogP) is 5.66. The Hall–Kier alpha value is -0.360. The van der Waals surface area contributed by atoms with Gasteiger partial charge >= 0.3 is 5.97 Å². The Kier molecular flexibility index (Phi) is 11.0. The van der Waals surface area contributed by atoms with Crippen LogP contribution in [0.2, 0.25) is 0 Å². The summed E-state index contributed by atoms with van der Waals surface area (Å²) in [5.74, 6) is -0.240. The van der Waals surface area contributed by atoms with Gasteiger partial charge in [0.25, 0.3) is 0 Å². The van der Waals surface area contributed by atoms with E-state index in [1.807, 2.05) is 0 Å². The second-order valence-corrected chi connectivity index (χ2v) is 7.41. The van der Waals surface area contributed by atoms with Gasteiger partial charge in [0.1, 0.15) is 6.10 Å². The number of carbonyl (C=O) groups excluding carboxylic acids is 1. The Morgan fingerprint density at radius 3 is 1.95 bits per heavy atom. The molecule has 0 saturated heterocycles. The van der Waals surface area contributed by atoms with Gasteiger partial charge in [-0.1, -0.05) is 65.9 Å². The van der Waals surface area contributed by atoms with Crippen molar-refractivity contribution >= 4 is 15.2 Å². The normalized spacial score (nSPS) is 13.0. The van der Waals surface area contributed by atoms with Crippen LogP contribution in [0.15, 0.2) is 12.2 Å². The molecule has 0 saturated carbocycles. The fourth-order valence-corrected chi connectivity index (χ4v) is 3.18. The molecular weight excluding hydrogens is 279 g/mol. The smallest absolute Gasteiger partial charge is 0.333 e. The lowest BCUT2D eigenvalue weighted by atomic mass is 9.86. The molecule has 0 heterocycles. The highest BCUT2D eigenvalue weighted by Gasteiger charge is 2.35. The van der Waals surface area contributed by atoms with Crippen molar-refractivity contribution in [3.63, 3.8) is 0 Å². The van der Waals surface area contributed by atoms with E-state index >= 15 is 0 Å². The van der Waals surface area contributed by atoms with Gasteiger partial charge in [-0.25, -0.2) is 4.79 Å². The maximum atomic E-state index is 12.0. The molecule has 0 spiro atoms. The molecule has 0 amide bonds. The van der Waals surface area contributed by atoms with Gasteiger partial charge in [0, 0.05) is 10.7 Å². The van der Waals surface area contributed by atoms with E-state index in [1.165, 1.54) is 25.7 Å². The summed E-state index contributed by atoms with van der Waals surface area (Å²) in [6.07, 6.45) is 10.1. The Morgan fingerprint density at radius 1 is 1.10 bits per heavy atom. The minimum atomic E-state index is -0.240. The third kappa shape index (κ3) is 8.00. The summed E-state index contributed by atoms with van der Waals surface area (Å²) in [4.78, 5) is 12.0. The molecule has 3 heteroatoms. The van der Waals surface area contributed by atoms with Crippen LogP contribution in [0.4, 0.5) is 0 Å². The number of carbonyl (C=O) groups is 1. The van der Waals surface area contributed by atoms with Crippen molar-refractivity contribution in [2.75, 3.05) is 0 Å². The highest BCUT2D eigenvalue weighted by molar-refractivity contribution is 7.19. The molecule has 0 bridgehead atoms. The fraction of sp³-hybridized carbons (Fsp3) is 0.833. The van der Waals surface area contributed by atoms with Crippen LogP contribution in [-0.4, -0.2) is 17.2 Å². The minimum Gasteiger partial charge on any atom is -0.458 e. The predicted molar refractivity (Wildman–Crippen MR) is 95.7 cm³/mol. The summed E-state index contributed by atoms with van der Waals surface area (Å²) >= 11 is 0. The average Bonchev–Trinajstić information content (AvgIpc) is 2.46. The highest BCUT2D eigenvalue weighted by Crippen LogP contribution is 2.38. The molecular formula is C18H35O2P. The van der Waals surface area contributed by atoms with E-state index in [9.17, 15) is 4.79 Å². The van der Waals surface area contributed by atoms with Gasteiger partial charge in [0.2, 0.25) is 0 Å². The standard InChI is InChI=1S/C18H35O2P/c1-6-9-12-16(20-17(19)15(4)5)18(21,13-10-7-2)14-11-8-3/h16H,4,6-14,21H2,1-3,5H3. The number of unbranched alkanes of at least 4 members (excludes halogenated alkanes) is 3. The van der Waals surface area contributed by atoms with Crippen molar-refractivity contribution < 1.29 is 9.53 Å². The number of hydrogen-bond acceptors (Lipinski definition) is 2. The molecule has 2 nitrogen and oxygen atoms in total. The first-order valence-corrected chi connectivity index (χ1v) is 9.14. The van der Waals surface area contributed by atoms with Crippen LogP contribution < -0.4 is 0 Å². The zero-order valence-corrected chi connectivity index (χ0v) is 15.7. The average molecular weight is 314 g/mol. The van der Waals surface area contributed by atoms with Crippen LogP contribution in [0, 0.1) is 0 Å². The lowest BCUT2D eigenvalue weighted by Crippen LogP contribution is -2.40. The molecule has 21 heavy (non-hydrogen) atoms. The summed E-state index contributed by atoms with van der Waals surface area (Å²) < 4.78 is 5.81. The maximum absolute atomic E-state index is 12.0. The van der Waals surface area contributed by atoms with Crippen molar-refractivity contribution in [1.29, 1.82) is 0 Å². The lowest BCUT2D eigenvalue weighted by Gasteiger charge is -2.37. The third-order valence-electron chi connectivity index (χ3n) is 4.05. The molecule has 0 aliphatic heterocycles. The van der Waals surface area contributed by atoms with E-state index in [4.69, 9.17) is 4.74 Å². The van der Waals surface area contributed by atoms with E-state index < -0.39 is 0 Å². The molecule has 0 rings (SSSR count). The van der Waals surface area contributed by atoms with Crippen molar-refractivity contribution in [3.05, 3.63) is 12.2 Å². The fourth-order valence-electron chi connectivity index (χ4n) is 2.54. The van der Waals surface area contributed by atoms with Gasteiger partial charge in [-0.05, 0) is 26.2 Å². The second-order valence-electron chi connectivity index (χ2n) is 6.26. The number of hydrogen-bond donors (Lipinski definition) is 0. The van der Waals surface area contributed by atoms with Crippen molar-refractivity contribution in [1.82, 2.24) is 0 Å². The number of ether oxygens (including phenoxy) is 1. The van der Waals surface area contributed by atoms with Crippen LogP contribution >= 0.6 is 9.24 Å². The zero-order valence-electron chi connectivity index (χ0n) is 14.5. The quantitative estimate of drug-likeness (QED) is 0.264. The Bertz CT molecular complexity index is 304. The van der Waals surface area contributed by atoms with E-state index in [-0.39, 0.29) is 17.2 Å². The molecule has 0 radical (unpaired) electrons. The first kappa shape index (κ1) is 20.6. The molecule has 124 valence electrons. The van der Waals surface area contributed by atoms with Gasteiger partial charge < -0.3 is 4.74 Å². The summed E-state index contributed by atoms with van der Waals surface area (Å²) in [6.45, 7) is 12.0. The van der Waals surface area contributed by atoms with Gasteiger partial charge in [0.05, 0.1) is 0 Å². The van der Waals surface area contributed by atoms with E-state index in [1.54, 1.807) is 6.92 Å². The summed E-state index contributed by atoms with van der Waals surface area (Å²) in [6, 6.07) is 0. The van der Waals surface area contributed by atoms with Crippen LogP contribution in [0.1, 0.15) is 85.5 Å². The van der Waals surface area contributed by atoms with Gasteiger partial charge in [0.15, 0.2) is 0 Å². The summed E-state index contributed by atoms with van der Waals surface area (Å²) in [5.41, 5.74) is 0.495. The number of rotatable bonds is 12. The topological polar surface area (TPSA) is 26.3 Å². The largest absolute Gasteiger partial charge is 0.458 e. The van der Waals surface area contributed by atoms with Crippen LogP contribution in [0.3, 0.4) is 0 Å². The Balaban J connectivity index is 5.03. The Morgan fingerprint density at radius 2 is 1.57 bits per heavy atom. The van der Waals surface area contributed by atoms with E-state index in [0.29, 0.717) is 5.57 Å². The molecule has 0 N–H and O–H groups in total. The molecule has 0 aromatic heterocycles. The van der Waals surface area contributed by atoms with Crippen molar-refractivity contribution in [3.8, 4) is 0 Å². The minimum absolute atomic E-state index is 0.00949. The zero-order chi connectivity index (χ0) is 16.3. The molecule has 0 fully saturated rings. The van der Waals surface area contributed by atoms with Crippen molar-refractivity contribution in [2.45, 2.75) is 96.7 Å². The van der Waals surface area contributed by atoms with Gasteiger partial charge in [-0.15, -0.1) is 9.24 Å². The maximum Gasteiger partial charge on any atom is 0.333 e. The molecule has 2 unspecified atom stereocenters.